The second-order valence-corrected chi connectivity index (χ2v) is 3.77. The highest BCUT2D eigenvalue weighted by atomic mass is 79.9. The van der Waals surface area contributed by atoms with Crippen LogP contribution in [0.5, 0.6) is 5.75 Å². The number of hydrogen-bond donors (Lipinski definition) is 0. The van der Waals surface area contributed by atoms with Crippen LogP contribution in [0.3, 0.4) is 0 Å². The maximum absolute atomic E-state index is 13.0. The standard InChI is InChI=1S/C9H6BrFO2/c10-8-6-3-5(4-12)1-2-7(6)13-9(8)11/h1-4,8-9H. The number of halogens is 2. The fourth-order valence-corrected chi connectivity index (χ4v) is 1.75. The minimum atomic E-state index is -1.36. The highest BCUT2D eigenvalue weighted by molar-refractivity contribution is 9.09. The Kier molecular flexibility index (Phi) is 2.07. The Morgan fingerprint density at radius 2 is 2.31 bits per heavy atom. The molecule has 1 aromatic rings. The Morgan fingerprint density at radius 1 is 1.54 bits per heavy atom. The third-order valence-corrected chi connectivity index (χ3v) is 2.85. The Morgan fingerprint density at radius 3 is 3.00 bits per heavy atom. The van der Waals surface area contributed by atoms with Crippen LogP contribution in [0.4, 0.5) is 4.39 Å². The number of benzene rings is 1. The predicted octanol–water partition coefficient (Wildman–Crippen LogP) is 2.62. The molecule has 2 rings (SSSR count). The van der Waals surface area contributed by atoms with Crippen LogP contribution in [0, 0.1) is 0 Å². The van der Waals surface area contributed by atoms with Crippen LogP contribution < -0.4 is 4.74 Å². The number of alkyl halides is 2. The molecule has 4 heteroatoms. The first-order valence-electron chi connectivity index (χ1n) is 3.76. The zero-order valence-corrected chi connectivity index (χ0v) is 8.12. The Bertz CT molecular complexity index is 353. The van der Waals surface area contributed by atoms with E-state index in [-0.39, 0.29) is 0 Å². The summed E-state index contributed by atoms with van der Waals surface area (Å²) in [5.41, 5.74) is 1.22. The summed E-state index contributed by atoms with van der Waals surface area (Å²) < 4.78 is 17.9. The topological polar surface area (TPSA) is 26.3 Å². The third-order valence-electron chi connectivity index (χ3n) is 1.94. The van der Waals surface area contributed by atoms with E-state index >= 15 is 0 Å². The van der Waals surface area contributed by atoms with Crippen LogP contribution in [0.15, 0.2) is 18.2 Å². The molecule has 1 aliphatic heterocycles. The van der Waals surface area contributed by atoms with Gasteiger partial charge in [-0.1, -0.05) is 15.9 Å². The van der Waals surface area contributed by atoms with Crippen molar-refractivity contribution in [1.29, 1.82) is 0 Å². The molecule has 0 N–H and O–H groups in total. The Balaban J connectivity index is 2.47. The summed E-state index contributed by atoms with van der Waals surface area (Å²) in [6.45, 7) is 0. The van der Waals surface area contributed by atoms with E-state index in [0.717, 1.165) is 6.29 Å². The number of rotatable bonds is 1. The quantitative estimate of drug-likeness (QED) is 0.561. The molecule has 0 aromatic heterocycles. The van der Waals surface area contributed by atoms with Gasteiger partial charge < -0.3 is 4.74 Å². The van der Waals surface area contributed by atoms with Crippen LogP contribution in [-0.4, -0.2) is 12.6 Å². The largest absolute Gasteiger partial charge is 0.458 e. The van der Waals surface area contributed by atoms with Crippen molar-refractivity contribution in [3.8, 4) is 5.75 Å². The van der Waals surface area contributed by atoms with E-state index in [1.165, 1.54) is 0 Å². The third kappa shape index (κ3) is 1.35. The molecule has 2 unspecified atom stereocenters. The average Bonchev–Trinajstić information content (AvgIpc) is 2.43. The van der Waals surface area contributed by atoms with Crippen LogP contribution in [0.2, 0.25) is 0 Å². The molecule has 2 nitrogen and oxygen atoms in total. The molecule has 0 amide bonds. The number of carbonyl (C=O) groups excluding carboxylic acids is 1. The first kappa shape index (κ1) is 8.69. The monoisotopic (exact) mass is 244 g/mol. The number of hydrogen-bond acceptors (Lipinski definition) is 2. The predicted molar refractivity (Wildman–Crippen MR) is 49.0 cm³/mol. The van der Waals surface area contributed by atoms with Gasteiger partial charge in [-0.2, -0.15) is 0 Å². The van der Waals surface area contributed by atoms with E-state index < -0.39 is 11.2 Å². The maximum atomic E-state index is 13.0. The maximum Gasteiger partial charge on any atom is 0.255 e. The van der Waals surface area contributed by atoms with Crippen molar-refractivity contribution in [3.05, 3.63) is 29.3 Å². The molecule has 1 aromatic carbocycles. The fraction of sp³-hybridized carbons (Fsp3) is 0.222. The summed E-state index contributed by atoms with van der Waals surface area (Å²) in [7, 11) is 0. The van der Waals surface area contributed by atoms with Gasteiger partial charge in [0.1, 0.15) is 16.9 Å². The van der Waals surface area contributed by atoms with E-state index in [1.807, 2.05) is 0 Å². The lowest BCUT2D eigenvalue weighted by Gasteiger charge is -2.01. The summed E-state index contributed by atoms with van der Waals surface area (Å²) >= 11 is 3.15. The molecular weight excluding hydrogens is 239 g/mol. The van der Waals surface area contributed by atoms with Crippen LogP contribution >= 0.6 is 15.9 Å². The molecular formula is C9H6BrFO2. The van der Waals surface area contributed by atoms with Crippen molar-refractivity contribution in [1.82, 2.24) is 0 Å². The van der Waals surface area contributed by atoms with Crippen molar-refractivity contribution >= 4 is 22.2 Å². The van der Waals surface area contributed by atoms with Crippen molar-refractivity contribution in [2.75, 3.05) is 0 Å². The number of ether oxygens (including phenoxy) is 1. The first-order chi connectivity index (χ1) is 6.22. The van der Waals surface area contributed by atoms with Gasteiger partial charge in [-0.15, -0.1) is 0 Å². The van der Waals surface area contributed by atoms with Gasteiger partial charge in [0.2, 0.25) is 0 Å². The first-order valence-corrected chi connectivity index (χ1v) is 4.68. The minimum absolute atomic E-state index is 0.470. The van der Waals surface area contributed by atoms with Crippen molar-refractivity contribution in [2.45, 2.75) is 11.2 Å². The van der Waals surface area contributed by atoms with Crippen molar-refractivity contribution in [2.24, 2.45) is 0 Å². The number of carbonyl (C=O) groups is 1. The minimum Gasteiger partial charge on any atom is -0.458 e. The van der Waals surface area contributed by atoms with Gasteiger partial charge in [0, 0.05) is 11.1 Å². The lowest BCUT2D eigenvalue weighted by Crippen LogP contribution is -2.06. The molecule has 0 saturated heterocycles. The van der Waals surface area contributed by atoms with Crippen LogP contribution in [-0.2, 0) is 0 Å². The number of fused-ring (bicyclic) bond motifs is 1. The summed E-state index contributed by atoms with van der Waals surface area (Å²) in [4.78, 5) is 9.97. The highest BCUT2D eigenvalue weighted by Crippen LogP contribution is 2.42. The molecule has 0 bridgehead atoms. The smallest absolute Gasteiger partial charge is 0.255 e. The molecule has 0 radical (unpaired) electrons. The fourth-order valence-electron chi connectivity index (χ4n) is 1.29. The van der Waals surface area contributed by atoms with E-state index in [9.17, 15) is 9.18 Å². The molecule has 0 saturated carbocycles. The van der Waals surface area contributed by atoms with Gasteiger partial charge in [0.05, 0.1) is 0 Å². The van der Waals surface area contributed by atoms with E-state index in [4.69, 9.17) is 4.74 Å². The molecule has 68 valence electrons. The summed E-state index contributed by atoms with van der Waals surface area (Å²) in [6, 6.07) is 4.83. The van der Waals surface area contributed by atoms with Crippen molar-refractivity contribution in [3.63, 3.8) is 0 Å². The Hall–Kier alpha value is -0.900. The molecule has 1 heterocycles. The zero-order chi connectivity index (χ0) is 9.42. The van der Waals surface area contributed by atoms with Gasteiger partial charge in [0.25, 0.3) is 6.36 Å². The van der Waals surface area contributed by atoms with Crippen LogP contribution in [0.25, 0.3) is 0 Å². The summed E-state index contributed by atoms with van der Waals surface area (Å²) in [5, 5.41) is 0. The normalized spacial score (nSPS) is 25.1. The van der Waals surface area contributed by atoms with E-state index in [2.05, 4.69) is 15.9 Å². The summed E-state index contributed by atoms with van der Waals surface area (Å²) in [6.07, 6.45) is -0.636. The molecule has 13 heavy (non-hydrogen) atoms. The van der Waals surface area contributed by atoms with Gasteiger partial charge in [-0.25, -0.2) is 4.39 Å². The van der Waals surface area contributed by atoms with Crippen LogP contribution in [0.1, 0.15) is 20.7 Å². The Labute approximate surface area is 82.8 Å². The lowest BCUT2D eigenvalue weighted by atomic mass is 10.1. The summed E-state index contributed by atoms with van der Waals surface area (Å²) in [5.74, 6) is 0.500. The molecule has 0 spiro atoms. The van der Waals surface area contributed by atoms with E-state index in [1.54, 1.807) is 18.2 Å². The molecule has 2 atom stereocenters. The second-order valence-electron chi connectivity index (χ2n) is 2.79. The molecule has 1 aliphatic rings. The van der Waals surface area contributed by atoms with E-state index in [0.29, 0.717) is 16.9 Å². The zero-order valence-electron chi connectivity index (χ0n) is 6.54. The molecule has 0 aliphatic carbocycles. The number of aldehydes is 1. The van der Waals surface area contributed by atoms with Gasteiger partial charge in [0.15, 0.2) is 0 Å². The average molecular weight is 245 g/mol. The highest BCUT2D eigenvalue weighted by Gasteiger charge is 2.32. The van der Waals surface area contributed by atoms with Gasteiger partial charge in [-0.05, 0) is 18.2 Å². The van der Waals surface area contributed by atoms with Gasteiger partial charge in [-0.3, -0.25) is 4.79 Å². The SMILES string of the molecule is O=Cc1ccc2c(c1)C(Br)C(F)O2. The molecule has 0 fully saturated rings. The van der Waals surface area contributed by atoms with Gasteiger partial charge >= 0.3 is 0 Å². The lowest BCUT2D eigenvalue weighted by molar-refractivity contribution is 0.0901. The second kappa shape index (κ2) is 3.10. The van der Waals surface area contributed by atoms with Crippen molar-refractivity contribution < 1.29 is 13.9 Å².